The maximum absolute atomic E-state index is 13.7. The van der Waals surface area contributed by atoms with Gasteiger partial charge in [-0.05, 0) is 55.8 Å². The van der Waals surface area contributed by atoms with Crippen molar-refractivity contribution in [2.75, 3.05) is 17.7 Å². The zero-order valence-corrected chi connectivity index (χ0v) is 17.3. The standard InChI is InChI=1S/C21H22ClFN2O4/c1-12(2)29-21-16(22)9-14(10-19(21)28-4)5-8-20(27)25-15-6-7-17(23)18(11-15)24-13(3)26/h5-12H,1-4H3,(H,24,26)(H,25,27)/b8-5+. The Bertz CT molecular complexity index is 945. The topological polar surface area (TPSA) is 76.7 Å². The summed E-state index contributed by atoms with van der Waals surface area (Å²) in [5.74, 6) is -0.572. The molecule has 8 heteroatoms. The lowest BCUT2D eigenvalue weighted by atomic mass is 10.1. The number of ether oxygens (including phenoxy) is 2. The maximum Gasteiger partial charge on any atom is 0.248 e. The van der Waals surface area contributed by atoms with Crippen LogP contribution in [0, 0.1) is 5.82 Å². The molecule has 0 aliphatic rings. The summed E-state index contributed by atoms with van der Waals surface area (Å²) >= 11 is 6.27. The first kappa shape index (κ1) is 22.2. The van der Waals surface area contributed by atoms with Crippen molar-refractivity contribution in [3.05, 3.63) is 52.8 Å². The first-order valence-corrected chi connectivity index (χ1v) is 9.17. The third-order valence-electron chi connectivity index (χ3n) is 3.58. The van der Waals surface area contributed by atoms with Gasteiger partial charge in [0.15, 0.2) is 11.5 Å². The number of benzene rings is 2. The molecule has 6 nitrogen and oxygen atoms in total. The number of methoxy groups -OCH3 is 1. The van der Waals surface area contributed by atoms with E-state index in [9.17, 15) is 14.0 Å². The molecule has 29 heavy (non-hydrogen) atoms. The number of amides is 2. The molecule has 0 fully saturated rings. The summed E-state index contributed by atoms with van der Waals surface area (Å²) in [7, 11) is 1.50. The first-order chi connectivity index (χ1) is 13.7. The molecule has 0 saturated carbocycles. The predicted molar refractivity (Wildman–Crippen MR) is 112 cm³/mol. The summed E-state index contributed by atoms with van der Waals surface area (Å²) in [5, 5.41) is 5.32. The van der Waals surface area contributed by atoms with Crippen LogP contribution in [0.1, 0.15) is 26.3 Å². The molecule has 0 aliphatic carbocycles. The quantitative estimate of drug-likeness (QED) is 0.625. The molecule has 0 saturated heterocycles. The lowest BCUT2D eigenvalue weighted by Gasteiger charge is -2.15. The highest BCUT2D eigenvalue weighted by Crippen LogP contribution is 2.37. The fourth-order valence-electron chi connectivity index (χ4n) is 2.43. The van der Waals surface area contributed by atoms with E-state index in [1.54, 1.807) is 18.2 Å². The van der Waals surface area contributed by atoms with Crippen molar-refractivity contribution in [2.45, 2.75) is 26.9 Å². The number of halogens is 2. The third-order valence-corrected chi connectivity index (χ3v) is 3.86. The minimum Gasteiger partial charge on any atom is -0.493 e. The van der Waals surface area contributed by atoms with Crippen LogP contribution in [0.25, 0.3) is 6.08 Å². The normalized spacial score (nSPS) is 10.9. The molecule has 0 bridgehead atoms. The second-order valence-corrected chi connectivity index (χ2v) is 6.81. The molecule has 0 aliphatic heterocycles. The van der Waals surface area contributed by atoms with Gasteiger partial charge in [0.05, 0.1) is 23.9 Å². The van der Waals surface area contributed by atoms with Crippen LogP contribution in [-0.4, -0.2) is 25.0 Å². The molecule has 2 aromatic carbocycles. The van der Waals surface area contributed by atoms with Gasteiger partial charge < -0.3 is 20.1 Å². The summed E-state index contributed by atoms with van der Waals surface area (Å²) in [6.45, 7) is 5.02. The molecule has 0 radical (unpaired) electrons. The average molecular weight is 421 g/mol. The minimum absolute atomic E-state index is 0.0171. The predicted octanol–water partition coefficient (Wildman–Crippen LogP) is 4.89. The largest absolute Gasteiger partial charge is 0.493 e. The van der Waals surface area contributed by atoms with Crippen molar-refractivity contribution >= 4 is 40.9 Å². The molecule has 0 heterocycles. The number of carbonyl (C=O) groups is 2. The molecule has 154 valence electrons. The highest BCUT2D eigenvalue weighted by Gasteiger charge is 2.13. The van der Waals surface area contributed by atoms with Gasteiger partial charge >= 0.3 is 0 Å². The molecule has 2 aromatic rings. The summed E-state index contributed by atoms with van der Waals surface area (Å²) in [6.07, 6.45) is 2.78. The van der Waals surface area contributed by atoms with Crippen LogP contribution in [0.5, 0.6) is 11.5 Å². The van der Waals surface area contributed by atoms with E-state index in [0.717, 1.165) is 6.07 Å². The van der Waals surface area contributed by atoms with E-state index in [1.807, 2.05) is 13.8 Å². The molecule has 0 atom stereocenters. The van der Waals surface area contributed by atoms with Gasteiger partial charge in [0.1, 0.15) is 5.82 Å². The first-order valence-electron chi connectivity index (χ1n) is 8.80. The molecular weight excluding hydrogens is 399 g/mol. The lowest BCUT2D eigenvalue weighted by molar-refractivity contribution is -0.114. The van der Waals surface area contributed by atoms with Crippen molar-refractivity contribution in [1.29, 1.82) is 0 Å². The van der Waals surface area contributed by atoms with Crippen molar-refractivity contribution < 1.29 is 23.5 Å². The number of hydrogen-bond acceptors (Lipinski definition) is 4. The summed E-state index contributed by atoms with van der Waals surface area (Å²) in [6, 6.07) is 7.23. The third kappa shape index (κ3) is 6.50. The molecule has 2 N–H and O–H groups in total. The van der Waals surface area contributed by atoms with Gasteiger partial charge in [-0.2, -0.15) is 0 Å². The summed E-state index contributed by atoms with van der Waals surface area (Å²) in [4.78, 5) is 23.3. The van der Waals surface area contributed by atoms with Crippen molar-refractivity contribution in [2.24, 2.45) is 0 Å². The zero-order valence-electron chi connectivity index (χ0n) is 16.5. The van der Waals surface area contributed by atoms with Gasteiger partial charge in [-0.25, -0.2) is 4.39 Å². The Morgan fingerprint density at radius 2 is 1.90 bits per heavy atom. The van der Waals surface area contributed by atoms with E-state index in [0.29, 0.717) is 27.8 Å². The second-order valence-electron chi connectivity index (χ2n) is 6.40. The smallest absolute Gasteiger partial charge is 0.248 e. The van der Waals surface area contributed by atoms with Gasteiger partial charge in [-0.3, -0.25) is 9.59 Å². The Morgan fingerprint density at radius 3 is 2.52 bits per heavy atom. The Hall–Kier alpha value is -3.06. The van der Waals surface area contributed by atoms with Crippen molar-refractivity contribution in [1.82, 2.24) is 0 Å². The van der Waals surface area contributed by atoms with Crippen LogP contribution in [0.4, 0.5) is 15.8 Å². The number of hydrogen-bond donors (Lipinski definition) is 2. The van der Waals surface area contributed by atoms with Crippen LogP contribution in [0.2, 0.25) is 5.02 Å². The summed E-state index contributed by atoms with van der Waals surface area (Å²) in [5.41, 5.74) is 0.953. The molecule has 2 amide bonds. The number of rotatable bonds is 7. The monoisotopic (exact) mass is 420 g/mol. The Labute approximate surface area is 173 Å². The van der Waals surface area contributed by atoms with Crippen LogP contribution >= 0.6 is 11.6 Å². The molecule has 2 rings (SSSR count). The highest BCUT2D eigenvalue weighted by atomic mass is 35.5. The summed E-state index contributed by atoms with van der Waals surface area (Å²) < 4.78 is 24.6. The van der Waals surface area contributed by atoms with Gasteiger partial charge in [0.2, 0.25) is 11.8 Å². The van der Waals surface area contributed by atoms with E-state index in [1.165, 1.54) is 32.2 Å². The molecule has 0 unspecified atom stereocenters. The van der Waals surface area contributed by atoms with Crippen LogP contribution in [0.3, 0.4) is 0 Å². The van der Waals surface area contributed by atoms with Gasteiger partial charge in [0, 0.05) is 18.7 Å². The van der Waals surface area contributed by atoms with Crippen molar-refractivity contribution in [3.63, 3.8) is 0 Å². The van der Waals surface area contributed by atoms with E-state index in [4.69, 9.17) is 21.1 Å². The molecular formula is C21H22ClFN2O4. The fraction of sp³-hybridized carbons (Fsp3) is 0.238. The van der Waals surface area contributed by atoms with Crippen LogP contribution in [0.15, 0.2) is 36.4 Å². The second kappa shape index (κ2) is 9.93. The van der Waals surface area contributed by atoms with Crippen LogP contribution < -0.4 is 20.1 Å². The number of carbonyl (C=O) groups excluding carboxylic acids is 2. The van der Waals surface area contributed by atoms with Crippen LogP contribution in [-0.2, 0) is 9.59 Å². The van der Waals surface area contributed by atoms with E-state index in [2.05, 4.69) is 10.6 Å². The van der Waals surface area contributed by atoms with Gasteiger partial charge in [-0.1, -0.05) is 11.6 Å². The lowest BCUT2D eigenvalue weighted by Crippen LogP contribution is -2.11. The van der Waals surface area contributed by atoms with E-state index < -0.39 is 17.6 Å². The van der Waals surface area contributed by atoms with Gasteiger partial charge in [0.25, 0.3) is 0 Å². The fourth-order valence-corrected chi connectivity index (χ4v) is 2.69. The SMILES string of the molecule is COc1cc(/C=C/C(=O)Nc2ccc(F)c(NC(C)=O)c2)cc(Cl)c1OC(C)C. The zero-order chi connectivity index (χ0) is 21.6. The highest BCUT2D eigenvalue weighted by molar-refractivity contribution is 6.32. The average Bonchev–Trinajstić information content (AvgIpc) is 2.64. The Balaban J connectivity index is 2.15. The Kier molecular flexibility index (Phi) is 7.61. The molecule has 0 spiro atoms. The van der Waals surface area contributed by atoms with E-state index in [-0.39, 0.29) is 11.8 Å². The minimum atomic E-state index is -0.598. The maximum atomic E-state index is 13.7. The van der Waals surface area contributed by atoms with Gasteiger partial charge in [-0.15, -0.1) is 0 Å². The van der Waals surface area contributed by atoms with Crippen molar-refractivity contribution in [3.8, 4) is 11.5 Å². The Morgan fingerprint density at radius 1 is 1.17 bits per heavy atom. The molecule has 0 aromatic heterocycles. The number of nitrogens with one attached hydrogen (secondary N) is 2. The number of anilines is 2. The van der Waals surface area contributed by atoms with E-state index >= 15 is 0 Å².